The number of ether oxygens (including phenoxy) is 1. The van der Waals surface area contributed by atoms with E-state index in [0.717, 1.165) is 0 Å². The van der Waals surface area contributed by atoms with Crippen molar-refractivity contribution >= 4 is 17.8 Å². The summed E-state index contributed by atoms with van der Waals surface area (Å²) in [6, 6.07) is 3.67. The molecule has 1 unspecified atom stereocenters. The van der Waals surface area contributed by atoms with Crippen LogP contribution in [0, 0.1) is 5.92 Å². The Hall–Kier alpha value is -2.71. The Morgan fingerprint density at radius 1 is 1.29 bits per heavy atom. The lowest BCUT2D eigenvalue weighted by molar-refractivity contribution is -0.142. The Labute approximate surface area is 161 Å². The molecule has 1 aromatic carbocycles. The number of likely N-dealkylation sites (tertiary alicyclic amines) is 1. The van der Waals surface area contributed by atoms with Crippen LogP contribution in [-0.4, -0.2) is 53.0 Å². The SMILES string of the molecule is CC(C)C[C@@H](NC(=O)C1CCCN1C(=O)c1ccccc1OC(F)F)C(=O)O. The van der Waals surface area contributed by atoms with E-state index in [1.807, 2.05) is 13.8 Å². The van der Waals surface area contributed by atoms with E-state index in [1.165, 1.54) is 29.2 Å². The van der Waals surface area contributed by atoms with Crippen LogP contribution in [0.5, 0.6) is 5.75 Å². The summed E-state index contributed by atoms with van der Waals surface area (Å²) in [4.78, 5) is 38.2. The summed E-state index contributed by atoms with van der Waals surface area (Å²) in [5.41, 5.74) is -0.0699. The normalized spacial score (nSPS) is 17.6. The topological polar surface area (TPSA) is 95.9 Å². The maximum Gasteiger partial charge on any atom is 0.387 e. The summed E-state index contributed by atoms with van der Waals surface area (Å²) in [5, 5.41) is 11.8. The molecule has 2 N–H and O–H groups in total. The Bertz CT molecular complexity index is 726. The number of alkyl halides is 2. The average molecular weight is 398 g/mol. The first kappa shape index (κ1) is 21.6. The molecule has 0 saturated carbocycles. The number of nitrogens with one attached hydrogen (secondary N) is 1. The second-order valence-electron chi connectivity index (χ2n) is 7.06. The van der Waals surface area contributed by atoms with E-state index in [0.29, 0.717) is 12.8 Å². The van der Waals surface area contributed by atoms with E-state index in [9.17, 15) is 28.3 Å². The van der Waals surface area contributed by atoms with Crippen LogP contribution in [0.4, 0.5) is 8.78 Å². The van der Waals surface area contributed by atoms with Gasteiger partial charge in [0.15, 0.2) is 0 Å². The number of carbonyl (C=O) groups is 3. The summed E-state index contributed by atoms with van der Waals surface area (Å²) < 4.78 is 29.6. The highest BCUT2D eigenvalue weighted by molar-refractivity contribution is 6.00. The van der Waals surface area contributed by atoms with Crippen LogP contribution in [0.15, 0.2) is 24.3 Å². The predicted octanol–water partition coefficient (Wildman–Crippen LogP) is 2.51. The highest BCUT2D eigenvalue weighted by Crippen LogP contribution is 2.26. The molecule has 7 nitrogen and oxygen atoms in total. The second kappa shape index (κ2) is 9.48. The maximum atomic E-state index is 12.9. The molecule has 1 fully saturated rings. The Morgan fingerprint density at radius 2 is 1.96 bits per heavy atom. The molecule has 0 spiro atoms. The minimum absolute atomic E-state index is 0.0566. The van der Waals surface area contributed by atoms with Crippen LogP contribution >= 0.6 is 0 Å². The Morgan fingerprint density at radius 3 is 2.57 bits per heavy atom. The van der Waals surface area contributed by atoms with E-state index >= 15 is 0 Å². The summed E-state index contributed by atoms with van der Waals surface area (Å²) in [5.74, 6) is -2.53. The number of aliphatic carboxylic acids is 1. The second-order valence-corrected chi connectivity index (χ2v) is 7.06. The van der Waals surface area contributed by atoms with Gasteiger partial charge in [0, 0.05) is 6.54 Å². The minimum atomic E-state index is -3.08. The van der Waals surface area contributed by atoms with Gasteiger partial charge >= 0.3 is 12.6 Å². The van der Waals surface area contributed by atoms with Crippen molar-refractivity contribution < 1.29 is 33.0 Å². The molecule has 1 aromatic rings. The third kappa shape index (κ3) is 5.40. The van der Waals surface area contributed by atoms with Gasteiger partial charge in [-0.2, -0.15) is 8.78 Å². The standard InChI is InChI=1S/C19H24F2N2O5/c1-11(2)10-13(18(26)27)22-16(24)14-7-5-9-23(14)17(25)12-6-3-4-8-15(12)28-19(20)21/h3-4,6,8,11,13-14,19H,5,7,9-10H2,1-2H3,(H,22,24)(H,26,27)/t13-,14?/m1/s1. The highest BCUT2D eigenvalue weighted by Gasteiger charge is 2.37. The summed E-state index contributed by atoms with van der Waals surface area (Å²) >= 11 is 0. The van der Waals surface area contributed by atoms with E-state index < -0.39 is 36.5 Å². The Kier molecular flexibility index (Phi) is 7.31. The quantitative estimate of drug-likeness (QED) is 0.702. The van der Waals surface area contributed by atoms with Crippen molar-refractivity contribution in [2.45, 2.75) is 51.8 Å². The molecular formula is C19H24F2N2O5. The number of nitrogens with zero attached hydrogens (tertiary/aromatic N) is 1. The molecule has 1 heterocycles. The number of benzene rings is 1. The van der Waals surface area contributed by atoms with Crippen LogP contribution in [-0.2, 0) is 9.59 Å². The molecule has 0 bridgehead atoms. The van der Waals surface area contributed by atoms with Gasteiger partial charge in [-0.25, -0.2) is 4.79 Å². The van der Waals surface area contributed by atoms with Crippen molar-refractivity contribution in [2.75, 3.05) is 6.54 Å². The van der Waals surface area contributed by atoms with E-state index in [-0.39, 0.29) is 30.2 Å². The maximum absolute atomic E-state index is 12.9. The number of carboxylic acid groups (broad SMARTS) is 1. The fourth-order valence-electron chi connectivity index (χ4n) is 3.24. The average Bonchev–Trinajstić information content (AvgIpc) is 3.10. The molecule has 1 aliphatic heterocycles. The highest BCUT2D eigenvalue weighted by atomic mass is 19.3. The van der Waals surface area contributed by atoms with Gasteiger partial charge in [-0.3, -0.25) is 9.59 Å². The lowest BCUT2D eigenvalue weighted by Gasteiger charge is -2.26. The van der Waals surface area contributed by atoms with Gasteiger partial charge in [-0.15, -0.1) is 0 Å². The zero-order valence-corrected chi connectivity index (χ0v) is 15.7. The molecule has 154 valence electrons. The van der Waals surface area contributed by atoms with Gasteiger partial charge in [0.05, 0.1) is 5.56 Å². The fraction of sp³-hybridized carbons (Fsp3) is 0.526. The summed E-state index contributed by atoms with van der Waals surface area (Å²) in [7, 11) is 0. The van der Waals surface area contributed by atoms with Gasteiger partial charge in [-0.1, -0.05) is 26.0 Å². The number of hydrogen-bond donors (Lipinski definition) is 2. The number of carboxylic acids is 1. The molecule has 1 aliphatic rings. The first-order chi connectivity index (χ1) is 13.2. The van der Waals surface area contributed by atoms with Crippen LogP contribution in [0.3, 0.4) is 0 Å². The van der Waals surface area contributed by atoms with Gasteiger partial charge in [0.1, 0.15) is 17.8 Å². The molecule has 1 saturated heterocycles. The summed E-state index contributed by atoms with van der Waals surface area (Å²) in [6.45, 7) is 0.863. The van der Waals surface area contributed by atoms with Crippen LogP contribution in [0.1, 0.15) is 43.5 Å². The smallest absolute Gasteiger partial charge is 0.387 e. The lowest BCUT2D eigenvalue weighted by Crippen LogP contribution is -2.51. The Balaban J connectivity index is 2.17. The molecule has 9 heteroatoms. The number of halogens is 2. The van der Waals surface area contributed by atoms with Gasteiger partial charge in [0.2, 0.25) is 5.91 Å². The van der Waals surface area contributed by atoms with Gasteiger partial charge < -0.3 is 20.1 Å². The zero-order valence-electron chi connectivity index (χ0n) is 15.7. The molecule has 2 rings (SSSR count). The van der Waals surface area contributed by atoms with E-state index in [2.05, 4.69) is 10.1 Å². The lowest BCUT2D eigenvalue weighted by atomic mass is 10.0. The molecule has 0 aliphatic carbocycles. The first-order valence-electron chi connectivity index (χ1n) is 9.08. The van der Waals surface area contributed by atoms with Crippen molar-refractivity contribution in [1.82, 2.24) is 10.2 Å². The first-order valence-corrected chi connectivity index (χ1v) is 9.08. The van der Waals surface area contributed by atoms with Crippen LogP contribution in [0.2, 0.25) is 0 Å². The monoisotopic (exact) mass is 398 g/mol. The third-order valence-corrected chi connectivity index (χ3v) is 4.47. The largest absolute Gasteiger partial charge is 0.480 e. The number of carbonyl (C=O) groups excluding carboxylic acids is 2. The zero-order chi connectivity index (χ0) is 20.8. The third-order valence-electron chi connectivity index (χ3n) is 4.47. The number of para-hydroxylation sites is 1. The van der Waals surface area contributed by atoms with Crippen molar-refractivity contribution in [2.24, 2.45) is 5.92 Å². The number of hydrogen-bond acceptors (Lipinski definition) is 4. The molecule has 2 atom stereocenters. The number of amides is 2. The van der Waals surface area contributed by atoms with Crippen molar-refractivity contribution in [3.8, 4) is 5.75 Å². The van der Waals surface area contributed by atoms with E-state index in [4.69, 9.17) is 0 Å². The molecular weight excluding hydrogens is 374 g/mol. The fourth-order valence-corrected chi connectivity index (χ4v) is 3.24. The van der Waals surface area contributed by atoms with Gasteiger partial charge in [0.25, 0.3) is 5.91 Å². The molecule has 0 radical (unpaired) electrons. The minimum Gasteiger partial charge on any atom is -0.480 e. The summed E-state index contributed by atoms with van der Waals surface area (Å²) in [6.07, 6.45) is 1.17. The molecule has 2 amide bonds. The van der Waals surface area contributed by atoms with Crippen molar-refractivity contribution in [3.05, 3.63) is 29.8 Å². The molecule has 0 aromatic heterocycles. The van der Waals surface area contributed by atoms with E-state index in [1.54, 1.807) is 0 Å². The van der Waals surface area contributed by atoms with Crippen molar-refractivity contribution in [3.63, 3.8) is 0 Å². The predicted molar refractivity (Wildman–Crippen MR) is 96.2 cm³/mol. The van der Waals surface area contributed by atoms with Crippen molar-refractivity contribution in [1.29, 1.82) is 0 Å². The number of rotatable bonds is 8. The van der Waals surface area contributed by atoms with Crippen LogP contribution in [0.25, 0.3) is 0 Å². The van der Waals surface area contributed by atoms with Gasteiger partial charge in [-0.05, 0) is 37.3 Å². The molecule has 28 heavy (non-hydrogen) atoms. The van der Waals surface area contributed by atoms with Crippen LogP contribution < -0.4 is 10.1 Å².